The largest absolute Gasteiger partial charge is 0.493 e. The van der Waals surface area contributed by atoms with Gasteiger partial charge in [0.1, 0.15) is 0 Å². The summed E-state index contributed by atoms with van der Waals surface area (Å²) in [6, 6.07) is 10.4. The molecule has 2 nitrogen and oxygen atoms in total. The summed E-state index contributed by atoms with van der Waals surface area (Å²) in [7, 11) is 3.32. The molecule has 0 fully saturated rings. The Hall–Kier alpha value is -1.13. The van der Waals surface area contributed by atoms with Crippen molar-refractivity contribution >= 4 is 23.1 Å². The number of ether oxygens (including phenoxy) is 2. The first kappa shape index (κ1) is 14.3. The second-order valence-electron chi connectivity index (χ2n) is 3.97. The molecular weight excluding hydrogens is 276 g/mol. The first-order valence-electron chi connectivity index (χ1n) is 6.17. The Morgan fingerprint density at radius 3 is 2.53 bits per heavy atom. The monoisotopic (exact) mass is 294 g/mol. The highest BCUT2D eigenvalue weighted by Crippen LogP contribution is 2.35. The van der Waals surface area contributed by atoms with Crippen LogP contribution < -0.4 is 9.47 Å². The van der Waals surface area contributed by atoms with Gasteiger partial charge >= 0.3 is 0 Å². The van der Waals surface area contributed by atoms with E-state index in [4.69, 9.17) is 9.47 Å². The highest BCUT2D eigenvalue weighted by Gasteiger charge is 2.08. The molecule has 0 radical (unpaired) electrons. The van der Waals surface area contributed by atoms with Gasteiger partial charge < -0.3 is 9.47 Å². The van der Waals surface area contributed by atoms with Crippen molar-refractivity contribution in [2.45, 2.75) is 12.7 Å². The van der Waals surface area contributed by atoms with Crippen LogP contribution in [0.15, 0.2) is 30.3 Å². The van der Waals surface area contributed by atoms with Crippen LogP contribution in [-0.4, -0.2) is 20.0 Å². The third kappa shape index (κ3) is 3.45. The fourth-order valence-electron chi connectivity index (χ4n) is 1.80. The number of rotatable bonds is 6. The fraction of sp³-hybridized carbons (Fsp3) is 0.333. The van der Waals surface area contributed by atoms with E-state index < -0.39 is 0 Å². The Labute approximate surface area is 122 Å². The first-order chi connectivity index (χ1) is 9.28. The molecule has 0 unspecified atom stereocenters. The summed E-state index contributed by atoms with van der Waals surface area (Å²) in [5, 5.41) is 0. The Bertz CT molecular complexity index is 535. The molecule has 1 aromatic carbocycles. The third-order valence-electron chi connectivity index (χ3n) is 2.78. The van der Waals surface area contributed by atoms with Crippen molar-refractivity contribution in [3.05, 3.63) is 35.2 Å². The summed E-state index contributed by atoms with van der Waals surface area (Å²) in [4.78, 5) is 2.68. The molecule has 0 aliphatic rings. The van der Waals surface area contributed by atoms with Gasteiger partial charge in [-0.1, -0.05) is 6.92 Å². The smallest absolute Gasteiger partial charge is 0.161 e. The average Bonchev–Trinajstić information content (AvgIpc) is 2.93. The fourth-order valence-corrected chi connectivity index (χ4v) is 3.59. The molecule has 1 heterocycles. The molecule has 0 aliphatic heterocycles. The zero-order valence-corrected chi connectivity index (χ0v) is 13.1. The van der Waals surface area contributed by atoms with Crippen LogP contribution in [0.3, 0.4) is 0 Å². The highest BCUT2D eigenvalue weighted by molar-refractivity contribution is 7.98. The molecule has 0 atom stereocenters. The minimum absolute atomic E-state index is 0.768. The van der Waals surface area contributed by atoms with Crippen LogP contribution >= 0.6 is 23.1 Å². The van der Waals surface area contributed by atoms with E-state index in [9.17, 15) is 0 Å². The predicted octanol–water partition coefficient (Wildman–Crippen LogP) is 4.69. The van der Waals surface area contributed by atoms with Crippen LogP contribution in [0.4, 0.5) is 0 Å². The summed E-state index contributed by atoms with van der Waals surface area (Å²) < 4.78 is 10.6. The molecule has 1 aromatic heterocycles. The van der Waals surface area contributed by atoms with Gasteiger partial charge in [0, 0.05) is 15.5 Å². The van der Waals surface area contributed by atoms with Gasteiger partial charge in [-0.15, -0.1) is 11.3 Å². The van der Waals surface area contributed by atoms with Crippen molar-refractivity contribution in [3.63, 3.8) is 0 Å². The summed E-state index contributed by atoms with van der Waals surface area (Å²) in [6.45, 7) is 2.19. The van der Waals surface area contributed by atoms with Crippen molar-refractivity contribution in [2.24, 2.45) is 0 Å². The SMILES string of the molecule is CCSCc1ccc(-c2ccc(OC)c(OC)c2)s1. The lowest BCUT2D eigenvalue weighted by molar-refractivity contribution is 0.355. The molecule has 2 rings (SSSR count). The van der Waals surface area contributed by atoms with Crippen molar-refractivity contribution in [1.82, 2.24) is 0 Å². The number of hydrogen-bond acceptors (Lipinski definition) is 4. The van der Waals surface area contributed by atoms with Gasteiger partial charge in [0.2, 0.25) is 0 Å². The van der Waals surface area contributed by atoms with Crippen LogP contribution in [-0.2, 0) is 5.75 Å². The lowest BCUT2D eigenvalue weighted by Crippen LogP contribution is -1.90. The van der Waals surface area contributed by atoms with E-state index in [1.165, 1.54) is 15.3 Å². The number of thioether (sulfide) groups is 1. The maximum absolute atomic E-state index is 5.35. The molecule has 0 aliphatic carbocycles. The topological polar surface area (TPSA) is 18.5 Å². The second kappa shape index (κ2) is 6.87. The lowest BCUT2D eigenvalue weighted by atomic mass is 10.1. The van der Waals surface area contributed by atoms with Crippen LogP contribution in [0.2, 0.25) is 0 Å². The van der Waals surface area contributed by atoms with Crippen LogP contribution in [0, 0.1) is 0 Å². The first-order valence-corrected chi connectivity index (χ1v) is 8.14. The van der Waals surface area contributed by atoms with Gasteiger partial charge in [-0.3, -0.25) is 0 Å². The van der Waals surface area contributed by atoms with Gasteiger partial charge in [-0.25, -0.2) is 0 Å². The van der Waals surface area contributed by atoms with Gasteiger partial charge in [0.15, 0.2) is 11.5 Å². The van der Waals surface area contributed by atoms with Crippen LogP contribution in [0.25, 0.3) is 10.4 Å². The quantitative estimate of drug-likeness (QED) is 0.770. The molecule has 0 amide bonds. The Morgan fingerprint density at radius 2 is 1.84 bits per heavy atom. The normalized spacial score (nSPS) is 10.5. The van der Waals surface area contributed by atoms with Crippen molar-refractivity contribution in [3.8, 4) is 21.9 Å². The van der Waals surface area contributed by atoms with Crippen LogP contribution in [0.5, 0.6) is 11.5 Å². The standard InChI is InChI=1S/C15H18O2S2/c1-4-18-10-12-6-8-15(19-12)11-5-7-13(16-2)14(9-11)17-3/h5-9H,4,10H2,1-3H3. The molecule has 0 bridgehead atoms. The van der Waals surface area contributed by atoms with Crippen molar-refractivity contribution in [2.75, 3.05) is 20.0 Å². The molecule has 0 saturated heterocycles. The van der Waals surface area contributed by atoms with Gasteiger partial charge in [-0.2, -0.15) is 11.8 Å². The Kier molecular flexibility index (Phi) is 5.16. The van der Waals surface area contributed by atoms with Gasteiger partial charge in [0.25, 0.3) is 0 Å². The lowest BCUT2D eigenvalue weighted by Gasteiger charge is -2.08. The number of benzene rings is 1. The van der Waals surface area contributed by atoms with Crippen molar-refractivity contribution in [1.29, 1.82) is 0 Å². The second-order valence-corrected chi connectivity index (χ2v) is 6.42. The molecule has 102 valence electrons. The summed E-state index contributed by atoms with van der Waals surface area (Å²) in [6.07, 6.45) is 0. The van der Waals surface area contributed by atoms with E-state index in [0.29, 0.717) is 0 Å². The number of methoxy groups -OCH3 is 2. The molecular formula is C15H18O2S2. The molecule has 19 heavy (non-hydrogen) atoms. The van der Waals surface area contributed by atoms with E-state index in [1.807, 2.05) is 35.2 Å². The summed E-state index contributed by atoms with van der Waals surface area (Å²) in [5.41, 5.74) is 1.18. The van der Waals surface area contributed by atoms with E-state index in [-0.39, 0.29) is 0 Å². The average molecular weight is 294 g/mol. The molecule has 4 heteroatoms. The molecule has 0 spiro atoms. The zero-order valence-electron chi connectivity index (χ0n) is 11.4. The van der Waals surface area contributed by atoms with E-state index in [0.717, 1.165) is 23.0 Å². The Balaban J connectivity index is 2.23. The highest BCUT2D eigenvalue weighted by atomic mass is 32.2. The Morgan fingerprint density at radius 1 is 1.05 bits per heavy atom. The molecule has 0 N–H and O–H groups in total. The van der Waals surface area contributed by atoms with Crippen molar-refractivity contribution < 1.29 is 9.47 Å². The number of hydrogen-bond donors (Lipinski definition) is 0. The van der Waals surface area contributed by atoms with Gasteiger partial charge in [0.05, 0.1) is 14.2 Å². The maximum atomic E-state index is 5.35. The molecule has 2 aromatic rings. The summed E-state index contributed by atoms with van der Waals surface area (Å²) in [5.74, 6) is 3.79. The minimum atomic E-state index is 0.768. The number of thiophene rings is 1. The minimum Gasteiger partial charge on any atom is -0.493 e. The van der Waals surface area contributed by atoms with Crippen LogP contribution in [0.1, 0.15) is 11.8 Å². The summed E-state index contributed by atoms with van der Waals surface area (Å²) >= 11 is 3.79. The van der Waals surface area contributed by atoms with E-state index in [2.05, 4.69) is 25.1 Å². The zero-order chi connectivity index (χ0) is 13.7. The van der Waals surface area contributed by atoms with E-state index in [1.54, 1.807) is 14.2 Å². The maximum Gasteiger partial charge on any atom is 0.161 e. The molecule has 0 saturated carbocycles. The third-order valence-corrected chi connectivity index (χ3v) is 5.02. The predicted molar refractivity (Wildman–Crippen MR) is 84.7 cm³/mol. The van der Waals surface area contributed by atoms with E-state index >= 15 is 0 Å². The van der Waals surface area contributed by atoms with Gasteiger partial charge in [-0.05, 0) is 41.6 Å².